The number of nitrogens with one attached hydrogen (secondary N) is 2. The molecule has 0 heterocycles. The molecule has 17 heavy (non-hydrogen) atoms. The van der Waals surface area contributed by atoms with E-state index in [0.717, 1.165) is 25.4 Å². The van der Waals surface area contributed by atoms with E-state index >= 15 is 0 Å². The first kappa shape index (κ1) is 16.7. The molecule has 0 spiro atoms. The fraction of sp³-hybridized carbons (Fsp3) is 0.923. The molecule has 0 bridgehead atoms. The average molecular weight is 263 g/mol. The zero-order chi connectivity index (χ0) is 11.8. The summed E-state index contributed by atoms with van der Waals surface area (Å²) >= 11 is 0. The molecule has 0 aromatic heterocycles. The van der Waals surface area contributed by atoms with Gasteiger partial charge in [-0.3, -0.25) is 4.79 Å². The summed E-state index contributed by atoms with van der Waals surface area (Å²) in [6.07, 6.45) is 7.19. The lowest BCUT2D eigenvalue weighted by Crippen LogP contribution is -2.38. The highest BCUT2D eigenvalue weighted by Gasteiger charge is 2.16. The summed E-state index contributed by atoms with van der Waals surface area (Å²) in [5.74, 6) is 1.04. The molecule has 1 saturated carbocycles. The molecule has 0 unspecified atom stereocenters. The molecule has 0 aliphatic heterocycles. The Morgan fingerprint density at radius 3 is 2.59 bits per heavy atom. The Bertz CT molecular complexity index is 206. The molecule has 1 aliphatic rings. The minimum Gasteiger partial charge on any atom is -0.355 e. The van der Waals surface area contributed by atoms with Crippen LogP contribution < -0.4 is 10.6 Å². The van der Waals surface area contributed by atoms with Crippen molar-refractivity contribution < 1.29 is 4.79 Å². The van der Waals surface area contributed by atoms with E-state index in [4.69, 9.17) is 0 Å². The summed E-state index contributed by atoms with van der Waals surface area (Å²) in [7, 11) is 0. The van der Waals surface area contributed by atoms with Gasteiger partial charge in [0.2, 0.25) is 5.91 Å². The Morgan fingerprint density at radius 1 is 1.35 bits per heavy atom. The molecule has 0 aromatic carbocycles. The Hall–Kier alpha value is -0.280. The molecule has 1 atom stereocenters. The third-order valence-corrected chi connectivity index (χ3v) is 3.41. The number of likely N-dealkylation sites (N-methyl/N-ethyl adjacent to an activating group) is 1. The SMILES string of the molecule is CCN[C@H](C)CNC(=O)CCC1CCCC1.Cl. The lowest BCUT2D eigenvalue weighted by Gasteiger charge is -2.14. The van der Waals surface area contributed by atoms with Crippen molar-refractivity contribution in [1.29, 1.82) is 0 Å². The lowest BCUT2D eigenvalue weighted by molar-refractivity contribution is -0.121. The van der Waals surface area contributed by atoms with Gasteiger partial charge < -0.3 is 10.6 Å². The molecule has 1 fully saturated rings. The maximum atomic E-state index is 11.6. The van der Waals surface area contributed by atoms with Crippen LogP contribution in [0, 0.1) is 5.92 Å². The van der Waals surface area contributed by atoms with Crippen LogP contribution in [-0.4, -0.2) is 25.0 Å². The van der Waals surface area contributed by atoms with E-state index in [0.29, 0.717) is 12.5 Å². The van der Waals surface area contributed by atoms with Gasteiger partial charge in [-0.05, 0) is 25.8 Å². The third-order valence-electron chi connectivity index (χ3n) is 3.41. The fourth-order valence-electron chi connectivity index (χ4n) is 2.41. The minimum atomic E-state index is 0. The van der Waals surface area contributed by atoms with E-state index in [9.17, 15) is 4.79 Å². The summed E-state index contributed by atoms with van der Waals surface area (Å²) in [5, 5.41) is 6.27. The summed E-state index contributed by atoms with van der Waals surface area (Å²) in [4.78, 5) is 11.6. The lowest BCUT2D eigenvalue weighted by atomic mass is 10.0. The number of rotatable bonds is 7. The van der Waals surface area contributed by atoms with Gasteiger partial charge >= 0.3 is 0 Å². The highest BCUT2D eigenvalue weighted by molar-refractivity contribution is 5.85. The van der Waals surface area contributed by atoms with E-state index in [1.54, 1.807) is 0 Å². The molecule has 102 valence electrons. The second-order valence-electron chi connectivity index (χ2n) is 4.95. The predicted molar refractivity (Wildman–Crippen MR) is 74.6 cm³/mol. The molecule has 3 nitrogen and oxygen atoms in total. The zero-order valence-corrected chi connectivity index (χ0v) is 11.9. The number of amides is 1. The van der Waals surface area contributed by atoms with Gasteiger partial charge in [0.05, 0.1) is 0 Å². The van der Waals surface area contributed by atoms with Crippen molar-refractivity contribution in [2.24, 2.45) is 5.92 Å². The molecule has 0 saturated heterocycles. The Labute approximate surface area is 112 Å². The van der Waals surface area contributed by atoms with Gasteiger partial charge in [0.25, 0.3) is 0 Å². The van der Waals surface area contributed by atoms with Gasteiger partial charge in [-0.25, -0.2) is 0 Å². The summed E-state index contributed by atoms with van der Waals surface area (Å²) < 4.78 is 0. The smallest absolute Gasteiger partial charge is 0.220 e. The average Bonchev–Trinajstić information content (AvgIpc) is 2.77. The molecular weight excluding hydrogens is 236 g/mol. The quantitative estimate of drug-likeness (QED) is 0.740. The van der Waals surface area contributed by atoms with Gasteiger partial charge in [-0.15, -0.1) is 12.4 Å². The number of carbonyl (C=O) groups excluding carboxylic acids is 1. The van der Waals surface area contributed by atoms with E-state index < -0.39 is 0 Å². The monoisotopic (exact) mass is 262 g/mol. The van der Waals surface area contributed by atoms with Gasteiger partial charge in [0, 0.05) is 19.0 Å². The van der Waals surface area contributed by atoms with Crippen LogP contribution in [0.15, 0.2) is 0 Å². The summed E-state index contributed by atoms with van der Waals surface area (Å²) in [5.41, 5.74) is 0. The first-order chi connectivity index (χ1) is 7.72. The Kier molecular flexibility index (Phi) is 9.56. The predicted octanol–water partition coefficient (Wildman–Crippen LogP) is 2.49. The van der Waals surface area contributed by atoms with Crippen LogP contribution in [0.5, 0.6) is 0 Å². The van der Waals surface area contributed by atoms with E-state index in [2.05, 4.69) is 24.5 Å². The van der Waals surface area contributed by atoms with Crippen LogP contribution in [0.2, 0.25) is 0 Å². The van der Waals surface area contributed by atoms with Crippen molar-refractivity contribution in [2.45, 2.75) is 58.4 Å². The van der Waals surface area contributed by atoms with Crippen LogP contribution in [0.1, 0.15) is 52.4 Å². The van der Waals surface area contributed by atoms with Gasteiger partial charge in [-0.1, -0.05) is 32.6 Å². The van der Waals surface area contributed by atoms with Crippen LogP contribution in [0.4, 0.5) is 0 Å². The van der Waals surface area contributed by atoms with Crippen molar-refractivity contribution >= 4 is 18.3 Å². The molecule has 0 radical (unpaired) electrons. The van der Waals surface area contributed by atoms with Crippen molar-refractivity contribution in [3.8, 4) is 0 Å². The maximum absolute atomic E-state index is 11.6. The highest BCUT2D eigenvalue weighted by atomic mass is 35.5. The normalized spacial score (nSPS) is 17.5. The van der Waals surface area contributed by atoms with Crippen molar-refractivity contribution in [1.82, 2.24) is 10.6 Å². The van der Waals surface area contributed by atoms with Gasteiger partial charge in [0.15, 0.2) is 0 Å². The summed E-state index contributed by atoms with van der Waals surface area (Å²) in [6.45, 7) is 5.88. The van der Waals surface area contributed by atoms with E-state index in [-0.39, 0.29) is 18.3 Å². The molecule has 1 rings (SSSR count). The molecule has 2 N–H and O–H groups in total. The van der Waals surface area contributed by atoms with E-state index in [1.807, 2.05) is 0 Å². The second-order valence-corrected chi connectivity index (χ2v) is 4.95. The second kappa shape index (κ2) is 9.72. The Balaban J connectivity index is 0.00000256. The minimum absolute atomic E-state index is 0. The topological polar surface area (TPSA) is 41.1 Å². The number of hydrogen-bond donors (Lipinski definition) is 2. The first-order valence-corrected chi connectivity index (χ1v) is 6.72. The fourth-order valence-corrected chi connectivity index (χ4v) is 2.41. The van der Waals surface area contributed by atoms with Crippen LogP contribution in [0.3, 0.4) is 0 Å². The molecular formula is C13H27ClN2O. The van der Waals surface area contributed by atoms with Crippen LogP contribution in [0.25, 0.3) is 0 Å². The van der Waals surface area contributed by atoms with E-state index in [1.165, 1.54) is 25.7 Å². The number of hydrogen-bond acceptors (Lipinski definition) is 2. The Morgan fingerprint density at radius 2 is 2.00 bits per heavy atom. The maximum Gasteiger partial charge on any atom is 0.220 e. The molecule has 0 aromatic rings. The molecule has 1 amide bonds. The highest BCUT2D eigenvalue weighted by Crippen LogP contribution is 2.28. The summed E-state index contributed by atoms with van der Waals surface area (Å²) in [6, 6.07) is 0.375. The third kappa shape index (κ3) is 7.61. The number of carbonyl (C=O) groups is 1. The van der Waals surface area contributed by atoms with Crippen LogP contribution >= 0.6 is 12.4 Å². The molecule has 1 aliphatic carbocycles. The standard InChI is InChI=1S/C13H26N2O.ClH/c1-3-14-11(2)10-15-13(16)9-8-12-6-4-5-7-12;/h11-12,14H,3-10H2,1-2H3,(H,15,16);1H/t11-;/m1./s1. The zero-order valence-electron chi connectivity index (χ0n) is 11.1. The van der Waals surface area contributed by atoms with Crippen LogP contribution in [-0.2, 0) is 4.79 Å². The largest absolute Gasteiger partial charge is 0.355 e. The van der Waals surface area contributed by atoms with Crippen molar-refractivity contribution in [3.63, 3.8) is 0 Å². The molecule has 4 heteroatoms. The first-order valence-electron chi connectivity index (χ1n) is 6.72. The van der Waals surface area contributed by atoms with Crippen molar-refractivity contribution in [3.05, 3.63) is 0 Å². The van der Waals surface area contributed by atoms with Crippen molar-refractivity contribution in [2.75, 3.05) is 13.1 Å². The van der Waals surface area contributed by atoms with Gasteiger partial charge in [-0.2, -0.15) is 0 Å². The number of halogens is 1. The van der Waals surface area contributed by atoms with Gasteiger partial charge in [0.1, 0.15) is 0 Å².